The number of hydrogen-bond acceptors (Lipinski definition) is 7. The van der Waals surface area contributed by atoms with E-state index in [-0.39, 0.29) is 31.6 Å². The SMILES string of the molecule is C=CCN(C(=O)C1N([C@@H](CO)Cc2ccccc2)C(=O)[C@@H]2[C@H](C(=O)OCC)[C@@H]3CCC12O3)c1ccc(N(CC)CC)cc1. The van der Waals surface area contributed by atoms with Gasteiger partial charge in [0.2, 0.25) is 5.91 Å². The first-order chi connectivity index (χ1) is 20.8. The van der Waals surface area contributed by atoms with Crippen LogP contribution in [-0.2, 0) is 30.3 Å². The van der Waals surface area contributed by atoms with Crippen molar-refractivity contribution in [3.05, 3.63) is 72.8 Å². The lowest BCUT2D eigenvalue weighted by atomic mass is 9.70. The number of likely N-dealkylation sites (tertiary alicyclic amines) is 1. The monoisotopic (exact) mass is 589 g/mol. The van der Waals surface area contributed by atoms with Gasteiger partial charge in [0.15, 0.2) is 0 Å². The van der Waals surface area contributed by atoms with Crippen molar-refractivity contribution in [2.75, 3.05) is 42.6 Å². The van der Waals surface area contributed by atoms with Gasteiger partial charge in [-0.2, -0.15) is 0 Å². The standard InChI is InChI=1S/C34H43N3O6/c1-5-20-36(25-16-14-24(15-17-25)35(6-2)7-3)32(40)30-34-19-18-27(43-34)28(33(41)42-8-4)29(34)31(39)37(30)26(22-38)21-23-12-10-9-11-13-23/h5,9-17,26-30,38H,1,6-8,18-22H2,2-4H3/t26-,27+,28-,29+,30?,34?/m1/s1. The number of amides is 2. The second-order valence-electron chi connectivity index (χ2n) is 11.5. The van der Waals surface area contributed by atoms with E-state index in [1.54, 1.807) is 17.9 Å². The molecule has 3 saturated heterocycles. The lowest BCUT2D eigenvalue weighted by Crippen LogP contribution is -2.59. The van der Waals surface area contributed by atoms with Gasteiger partial charge >= 0.3 is 5.97 Å². The first-order valence-electron chi connectivity index (χ1n) is 15.4. The summed E-state index contributed by atoms with van der Waals surface area (Å²) in [5, 5.41) is 10.7. The number of carbonyl (C=O) groups is 3. The fraction of sp³-hybridized carbons (Fsp3) is 0.500. The van der Waals surface area contributed by atoms with Crippen molar-refractivity contribution in [1.82, 2.24) is 4.90 Å². The highest BCUT2D eigenvalue weighted by Crippen LogP contribution is 2.59. The quantitative estimate of drug-likeness (QED) is 0.282. The van der Waals surface area contributed by atoms with Gasteiger partial charge in [-0.1, -0.05) is 36.4 Å². The number of esters is 1. The van der Waals surface area contributed by atoms with Crippen LogP contribution >= 0.6 is 0 Å². The maximum absolute atomic E-state index is 14.8. The molecular weight excluding hydrogens is 546 g/mol. The molecular formula is C34H43N3O6. The zero-order valence-electron chi connectivity index (χ0n) is 25.4. The van der Waals surface area contributed by atoms with E-state index >= 15 is 0 Å². The lowest BCUT2D eigenvalue weighted by Gasteiger charge is -2.39. The topological polar surface area (TPSA) is 99.6 Å². The zero-order chi connectivity index (χ0) is 30.7. The van der Waals surface area contributed by atoms with Crippen LogP contribution in [0.1, 0.15) is 39.2 Å². The normalized spacial score (nSPS) is 26.2. The molecule has 43 heavy (non-hydrogen) atoms. The van der Waals surface area contributed by atoms with E-state index in [9.17, 15) is 19.5 Å². The highest BCUT2D eigenvalue weighted by molar-refractivity contribution is 6.05. The third-order valence-corrected chi connectivity index (χ3v) is 9.32. The molecule has 0 aromatic heterocycles. The largest absolute Gasteiger partial charge is 0.466 e. The molecule has 230 valence electrons. The maximum Gasteiger partial charge on any atom is 0.312 e. The van der Waals surface area contributed by atoms with Gasteiger partial charge < -0.3 is 29.3 Å². The summed E-state index contributed by atoms with van der Waals surface area (Å²) < 4.78 is 12.0. The van der Waals surface area contributed by atoms with Gasteiger partial charge in [-0.25, -0.2) is 0 Å². The molecule has 2 bridgehead atoms. The average molecular weight is 590 g/mol. The van der Waals surface area contributed by atoms with Gasteiger partial charge in [0.1, 0.15) is 11.6 Å². The maximum atomic E-state index is 14.8. The molecule has 3 aliphatic rings. The highest BCUT2D eigenvalue weighted by atomic mass is 16.6. The zero-order valence-corrected chi connectivity index (χ0v) is 25.4. The minimum Gasteiger partial charge on any atom is -0.466 e. The molecule has 3 aliphatic heterocycles. The fourth-order valence-corrected chi connectivity index (χ4v) is 7.44. The van der Waals surface area contributed by atoms with Gasteiger partial charge in [-0.3, -0.25) is 14.4 Å². The summed E-state index contributed by atoms with van der Waals surface area (Å²) in [5.41, 5.74) is 1.46. The molecule has 0 saturated carbocycles. The number of benzene rings is 2. The molecule has 2 amide bonds. The predicted molar refractivity (Wildman–Crippen MR) is 165 cm³/mol. The van der Waals surface area contributed by atoms with Crippen LogP contribution in [0.5, 0.6) is 0 Å². The van der Waals surface area contributed by atoms with Crippen molar-refractivity contribution >= 4 is 29.2 Å². The van der Waals surface area contributed by atoms with Crippen LogP contribution < -0.4 is 9.80 Å². The third-order valence-electron chi connectivity index (χ3n) is 9.32. The van der Waals surface area contributed by atoms with Crippen LogP contribution in [-0.4, -0.2) is 84.4 Å². The Morgan fingerprint density at radius 3 is 2.40 bits per heavy atom. The summed E-state index contributed by atoms with van der Waals surface area (Å²) in [6.45, 7) is 11.6. The van der Waals surface area contributed by atoms with E-state index < -0.39 is 41.6 Å². The Hall–Kier alpha value is -3.69. The molecule has 0 radical (unpaired) electrons. The van der Waals surface area contributed by atoms with Crippen molar-refractivity contribution < 1.29 is 29.0 Å². The minimum atomic E-state index is -1.19. The van der Waals surface area contributed by atoms with Crippen LogP contribution in [0.3, 0.4) is 0 Å². The Balaban J connectivity index is 1.57. The van der Waals surface area contributed by atoms with E-state index in [4.69, 9.17) is 9.47 Å². The summed E-state index contributed by atoms with van der Waals surface area (Å²) in [4.78, 5) is 47.8. The minimum absolute atomic E-state index is 0.186. The molecule has 9 nitrogen and oxygen atoms in total. The van der Waals surface area contributed by atoms with Crippen molar-refractivity contribution in [2.45, 2.75) is 63.8 Å². The van der Waals surface area contributed by atoms with Crippen LogP contribution in [0.25, 0.3) is 0 Å². The summed E-state index contributed by atoms with van der Waals surface area (Å²) in [6, 6.07) is 15.7. The van der Waals surface area contributed by atoms with Crippen LogP contribution in [0.15, 0.2) is 67.3 Å². The predicted octanol–water partition coefficient (Wildman–Crippen LogP) is 3.59. The van der Waals surface area contributed by atoms with Gasteiger partial charge in [-0.15, -0.1) is 6.58 Å². The van der Waals surface area contributed by atoms with E-state index in [0.29, 0.717) is 24.9 Å². The Labute approximate surface area is 254 Å². The number of ether oxygens (including phenoxy) is 2. The first kappa shape index (κ1) is 30.8. The molecule has 1 N–H and O–H groups in total. The van der Waals surface area contributed by atoms with Gasteiger partial charge in [-0.05, 0) is 69.9 Å². The van der Waals surface area contributed by atoms with Gasteiger partial charge in [0, 0.05) is 31.0 Å². The number of carbonyl (C=O) groups excluding carboxylic acids is 3. The number of nitrogens with zero attached hydrogens (tertiary/aromatic N) is 3. The van der Waals surface area contributed by atoms with Crippen molar-refractivity contribution in [3.8, 4) is 0 Å². The molecule has 5 rings (SSSR count). The van der Waals surface area contributed by atoms with Crippen molar-refractivity contribution in [1.29, 1.82) is 0 Å². The van der Waals surface area contributed by atoms with Crippen molar-refractivity contribution in [2.24, 2.45) is 11.8 Å². The van der Waals surface area contributed by atoms with Crippen LogP contribution in [0.2, 0.25) is 0 Å². The molecule has 3 fully saturated rings. The highest BCUT2D eigenvalue weighted by Gasteiger charge is 2.75. The number of fused-ring (bicyclic) bond motifs is 1. The Morgan fingerprint density at radius 1 is 1.12 bits per heavy atom. The lowest BCUT2D eigenvalue weighted by molar-refractivity contribution is -0.155. The summed E-state index contributed by atoms with van der Waals surface area (Å²) in [5.74, 6) is -2.79. The Kier molecular flexibility index (Phi) is 9.22. The van der Waals surface area contributed by atoms with E-state index in [2.05, 4.69) is 25.3 Å². The number of hydrogen-bond donors (Lipinski definition) is 1. The summed E-state index contributed by atoms with van der Waals surface area (Å²) in [6.07, 6.45) is 2.53. The molecule has 2 unspecified atom stereocenters. The average Bonchev–Trinajstić information content (AvgIpc) is 3.67. The van der Waals surface area contributed by atoms with Crippen LogP contribution in [0.4, 0.5) is 11.4 Å². The van der Waals surface area contributed by atoms with E-state index in [1.807, 2.05) is 54.6 Å². The molecule has 2 aromatic rings. The molecule has 3 heterocycles. The van der Waals surface area contributed by atoms with Gasteiger partial charge in [0.05, 0.1) is 37.2 Å². The first-order valence-corrected chi connectivity index (χ1v) is 15.4. The third kappa shape index (κ3) is 5.33. The second kappa shape index (κ2) is 12.9. The molecule has 1 spiro atoms. The van der Waals surface area contributed by atoms with Crippen LogP contribution in [0, 0.1) is 11.8 Å². The smallest absolute Gasteiger partial charge is 0.312 e. The Morgan fingerprint density at radius 2 is 1.79 bits per heavy atom. The number of rotatable bonds is 13. The summed E-state index contributed by atoms with van der Waals surface area (Å²) >= 11 is 0. The molecule has 6 atom stereocenters. The number of aliphatic hydroxyl groups excluding tert-OH is 1. The van der Waals surface area contributed by atoms with E-state index in [1.165, 1.54) is 4.90 Å². The van der Waals surface area contributed by atoms with E-state index in [0.717, 1.165) is 24.3 Å². The molecule has 9 heteroatoms. The van der Waals surface area contributed by atoms with Crippen molar-refractivity contribution in [3.63, 3.8) is 0 Å². The number of anilines is 2. The Bertz CT molecular complexity index is 1310. The molecule has 2 aromatic carbocycles. The second-order valence-corrected chi connectivity index (χ2v) is 11.5. The summed E-state index contributed by atoms with van der Waals surface area (Å²) in [7, 11) is 0. The van der Waals surface area contributed by atoms with Gasteiger partial charge in [0.25, 0.3) is 5.91 Å². The molecule has 0 aliphatic carbocycles. The number of aliphatic hydroxyl groups is 1. The fourth-order valence-electron chi connectivity index (χ4n) is 7.44.